The van der Waals surface area contributed by atoms with Crippen molar-refractivity contribution in [3.05, 3.63) is 29.3 Å². The molecule has 3 N–H and O–H groups in total. The van der Waals surface area contributed by atoms with E-state index in [4.69, 9.17) is 10.5 Å². The number of hydrogen-bond acceptors (Lipinski definition) is 5. The van der Waals surface area contributed by atoms with Crippen LogP contribution in [-0.2, 0) is 18.0 Å². The normalized spacial score (nSPS) is 21.4. The van der Waals surface area contributed by atoms with E-state index in [1.165, 1.54) is 11.1 Å². The van der Waals surface area contributed by atoms with Crippen molar-refractivity contribution in [2.45, 2.75) is 25.7 Å². The maximum Gasteiger partial charge on any atom is 0.245 e. The average molecular weight is 271 g/mol. The zero-order valence-corrected chi connectivity index (χ0v) is 11.2. The molecule has 1 atom stereocenters. The van der Waals surface area contributed by atoms with E-state index in [1.807, 2.05) is 0 Å². The molecule has 3 heterocycles. The van der Waals surface area contributed by atoms with Gasteiger partial charge in [-0.05, 0) is 23.6 Å². The molecule has 1 aromatic heterocycles. The van der Waals surface area contributed by atoms with Crippen molar-refractivity contribution in [3.8, 4) is 11.4 Å². The van der Waals surface area contributed by atoms with E-state index < -0.39 is 0 Å². The number of nitrogens with one attached hydrogen (secondary N) is 1. The molecule has 104 valence electrons. The van der Waals surface area contributed by atoms with Gasteiger partial charge >= 0.3 is 0 Å². The molecule has 0 radical (unpaired) electrons. The highest BCUT2D eigenvalue weighted by Crippen LogP contribution is 2.26. The molecule has 4 rings (SSSR count). The SMILES string of the molecule is NC1CCN(c2n[nH]c(-c3ccc4c(c3)COC4)n2)C1. The Morgan fingerprint density at radius 2 is 2.20 bits per heavy atom. The van der Waals surface area contributed by atoms with Gasteiger partial charge in [-0.1, -0.05) is 12.1 Å². The number of benzene rings is 1. The third kappa shape index (κ3) is 1.97. The first kappa shape index (κ1) is 11.9. The van der Waals surface area contributed by atoms with Crippen LogP contribution in [0.1, 0.15) is 17.5 Å². The lowest BCUT2D eigenvalue weighted by atomic mass is 10.1. The van der Waals surface area contributed by atoms with Crippen LogP contribution < -0.4 is 10.6 Å². The van der Waals surface area contributed by atoms with Crippen molar-refractivity contribution in [2.24, 2.45) is 5.73 Å². The van der Waals surface area contributed by atoms with Gasteiger partial charge in [0.15, 0.2) is 5.82 Å². The topological polar surface area (TPSA) is 80.1 Å². The first-order valence-electron chi connectivity index (χ1n) is 6.92. The molecule has 1 aromatic carbocycles. The van der Waals surface area contributed by atoms with Gasteiger partial charge in [0.25, 0.3) is 0 Å². The molecule has 20 heavy (non-hydrogen) atoms. The number of fused-ring (bicyclic) bond motifs is 1. The minimum atomic E-state index is 0.231. The summed E-state index contributed by atoms with van der Waals surface area (Å²) in [4.78, 5) is 6.71. The van der Waals surface area contributed by atoms with Crippen LogP contribution in [0.3, 0.4) is 0 Å². The van der Waals surface area contributed by atoms with Crippen LogP contribution in [-0.4, -0.2) is 34.3 Å². The number of H-pyrrole nitrogens is 1. The molecule has 6 heteroatoms. The van der Waals surface area contributed by atoms with Crippen LogP contribution in [0.15, 0.2) is 18.2 Å². The molecule has 1 fully saturated rings. The maximum absolute atomic E-state index is 5.92. The van der Waals surface area contributed by atoms with Crippen LogP contribution in [0, 0.1) is 0 Å². The maximum atomic E-state index is 5.92. The van der Waals surface area contributed by atoms with Crippen molar-refractivity contribution < 1.29 is 4.74 Å². The van der Waals surface area contributed by atoms with Gasteiger partial charge in [-0.2, -0.15) is 4.98 Å². The summed E-state index contributed by atoms with van der Waals surface area (Å²) in [6.07, 6.45) is 1.00. The summed E-state index contributed by atoms with van der Waals surface area (Å²) in [5.74, 6) is 1.54. The second-order valence-corrected chi connectivity index (χ2v) is 5.46. The summed E-state index contributed by atoms with van der Waals surface area (Å²) in [6.45, 7) is 3.15. The van der Waals surface area contributed by atoms with Crippen molar-refractivity contribution in [2.75, 3.05) is 18.0 Å². The van der Waals surface area contributed by atoms with Crippen LogP contribution in [0.25, 0.3) is 11.4 Å². The summed E-state index contributed by atoms with van der Waals surface area (Å²) >= 11 is 0. The van der Waals surface area contributed by atoms with E-state index in [9.17, 15) is 0 Å². The van der Waals surface area contributed by atoms with Gasteiger partial charge in [-0.15, -0.1) is 5.10 Å². The predicted octanol–water partition coefficient (Wildman–Crippen LogP) is 1.04. The highest BCUT2D eigenvalue weighted by molar-refractivity contribution is 5.59. The number of aromatic nitrogens is 3. The van der Waals surface area contributed by atoms with Crippen LogP contribution >= 0.6 is 0 Å². The van der Waals surface area contributed by atoms with E-state index in [0.29, 0.717) is 13.2 Å². The van der Waals surface area contributed by atoms with Gasteiger partial charge in [0.1, 0.15) is 0 Å². The molecule has 0 spiro atoms. The van der Waals surface area contributed by atoms with E-state index in [2.05, 4.69) is 38.3 Å². The molecule has 0 aliphatic carbocycles. The van der Waals surface area contributed by atoms with E-state index in [1.54, 1.807) is 0 Å². The number of nitrogens with two attached hydrogens (primary N) is 1. The van der Waals surface area contributed by atoms with Gasteiger partial charge < -0.3 is 15.4 Å². The number of aromatic amines is 1. The van der Waals surface area contributed by atoms with Crippen molar-refractivity contribution in [1.29, 1.82) is 0 Å². The van der Waals surface area contributed by atoms with Gasteiger partial charge in [-0.3, -0.25) is 5.10 Å². The minimum Gasteiger partial charge on any atom is -0.372 e. The molecule has 2 aromatic rings. The molecular weight excluding hydrogens is 254 g/mol. The summed E-state index contributed by atoms with van der Waals surface area (Å²) in [5.41, 5.74) is 9.48. The first-order chi connectivity index (χ1) is 9.79. The van der Waals surface area contributed by atoms with Gasteiger partial charge in [0.05, 0.1) is 13.2 Å². The molecular formula is C14H17N5O. The fraction of sp³-hybridized carbons (Fsp3) is 0.429. The summed E-state index contributed by atoms with van der Waals surface area (Å²) in [7, 11) is 0. The molecule has 2 aliphatic rings. The lowest BCUT2D eigenvalue weighted by Gasteiger charge is -2.11. The Balaban J connectivity index is 1.61. The second-order valence-electron chi connectivity index (χ2n) is 5.46. The smallest absolute Gasteiger partial charge is 0.245 e. The average Bonchev–Trinajstić information content (AvgIpc) is 3.17. The Morgan fingerprint density at radius 3 is 3.05 bits per heavy atom. The van der Waals surface area contributed by atoms with E-state index in [-0.39, 0.29) is 6.04 Å². The molecule has 1 saturated heterocycles. The van der Waals surface area contributed by atoms with E-state index in [0.717, 1.165) is 36.8 Å². The quantitative estimate of drug-likeness (QED) is 0.853. The number of rotatable bonds is 2. The fourth-order valence-electron chi connectivity index (χ4n) is 2.81. The Hall–Kier alpha value is -1.92. The lowest BCUT2D eigenvalue weighted by molar-refractivity contribution is 0.134. The summed E-state index contributed by atoms with van der Waals surface area (Å²) < 4.78 is 5.44. The Morgan fingerprint density at radius 1 is 1.30 bits per heavy atom. The van der Waals surface area contributed by atoms with Crippen LogP contribution in [0.4, 0.5) is 5.95 Å². The number of ether oxygens (including phenoxy) is 1. The zero-order chi connectivity index (χ0) is 13.5. The Kier molecular flexibility index (Phi) is 2.71. The Bertz CT molecular complexity index is 638. The van der Waals surface area contributed by atoms with Crippen LogP contribution in [0.2, 0.25) is 0 Å². The van der Waals surface area contributed by atoms with Gasteiger partial charge in [0, 0.05) is 24.7 Å². The monoisotopic (exact) mass is 271 g/mol. The van der Waals surface area contributed by atoms with Crippen LogP contribution in [0.5, 0.6) is 0 Å². The lowest BCUT2D eigenvalue weighted by Crippen LogP contribution is -2.26. The number of hydrogen-bond donors (Lipinski definition) is 2. The minimum absolute atomic E-state index is 0.231. The highest BCUT2D eigenvalue weighted by atomic mass is 16.5. The van der Waals surface area contributed by atoms with Gasteiger partial charge in [0.2, 0.25) is 5.95 Å². The molecule has 6 nitrogen and oxygen atoms in total. The van der Waals surface area contributed by atoms with Crippen molar-refractivity contribution >= 4 is 5.95 Å². The molecule has 0 bridgehead atoms. The summed E-state index contributed by atoms with van der Waals surface area (Å²) in [6, 6.07) is 6.52. The summed E-state index contributed by atoms with van der Waals surface area (Å²) in [5, 5.41) is 7.33. The number of nitrogens with zero attached hydrogens (tertiary/aromatic N) is 3. The third-order valence-corrected chi connectivity index (χ3v) is 3.98. The first-order valence-corrected chi connectivity index (χ1v) is 6.92. The fourth-order valence-corrected chi connectivity index (χ4v) is 2.81. The number of anilines is 1. The van der Waals surface area contributed by atoms with Crippen molar-refractivity contribution in [1.82, 2.24) is 15.2 Å². The highest BCUT2D eigenvalue weighted by Gasteiger charge is 2.22. The third-order valence-electron chi connectivity index (χ3n) is 3.98. The predicted molar refractivity (Wildman–Crippen MR) is 75.1 cm³/mol. The Labute approximate surface area is 116 Å². The van der Waals surface area contributed by atoms with Crippen molar-refractivity contribution in [3.63, 3.8) is 0 Å². The van der Waals surface area contributed by atoms with Gasteiger partial charge in [-0.25, -0.2) is 0 Å². The largest absolute Gasteiger partial charge is 0.372 e. The standard InChI is InChI=1S/C14H17N5O/c15-12-3-4-19(6-12)14-16-13(17-18-14)9-1-2-10-7-20-8-11(10)5-9/h1-2,5,12H,3-4,6-8,15H2,(H,16,17,18). The molecule has 1 unspecified atom stereocenters. The molecule has 0 amide bonds. The van der Waals surface area contributed by atoms with E-state index >= 15 is 0 Å². The molecule has 2 aliphatic heterocycles. The molecule has 0 saturated carbocycles. The zero-order valence-electron chi connectivity index (χ0n) is 11.2. The second kappa shape index (κ2) is 4.57.